The van der Waals surface area contributed by atoms with Crippen LogP contribution in [-0.2, 0) is 17.6 Å². The van der Waals surface area contributed by atoms with Crippen molar-refractivity contribution in [3.05, 3.63) is 52.3 Å². The number of aryl methyl sites for hydroxylation is 1. The van der Waals surface area contributed by atoms with E-state index in [-0.39, 0.29) is 23.8 Å². The van der Waals surface area contributed by atoms with Crippen molar-refractivity contribution in [3.63, 3.8) is 0 Å². The summed E-state index contributed by atoms with van der Waals surface area (Å²) >= 11 is 0. The van der Waals surface area contributed by atoms with Gasteiger partial charge in [0, 0.05) is 17.5 Å². The highest BCUT2D eigenvalue weighted by atomic mass is 19.2. The molecule has 0 N–H and O–H groups in total. The summed E-state index contributed by atoms with van der Waals surface area (Å²) in [7, 11) is 0. The van der Waals surface area contributed by atoms with E-state index in [0.29, 0.717) is 47.8 Å². The van der Waals surface area contributed by atoms with Gasteiger partial charge in [-0.25, -0.2) is 4.39 Å². The van der Waals surface area contributed by atoms with Crippen molar-refractivity contribution in [1.29, 1.82) is 0 Å². The Kier molecular flexibility index (Phi) is 9.42. The first-order valence-electron chi connectivity index (χ1n) is 15.6. The van der Waals surface area contributed by atoms with Crippen molar-refractivity contribution in [1.82, 2.24) is 0 Å². The van der Waals surface area contributed by atoms with E-state index in [2.05, 4.69) is 13.8 Å². The zero-order valence-electron chi connectivity index (χ0n) is 24.0. The fourth-order valence-corrected chi connectivity index (χ4v) is 7.20. The fraction of sp³-hybridized carbons (Fsp3) is 0.618. The molecule has 40 heavy (non-hydrogen) atoms. The molecule has 218 valence electrons. The standard InChI is InChI=1S/C34H43F3O3/c1-3-5-21-7-9-23(10-8-21)11-14-24-17-18-26-19-27-20-28(30(36)31(37)33(27)40-32(26)29(24)35)39-34(38)25-15-12-22(6-4-2)13-16-25/h17-18,20-23,25H,3-16,19H2,1-2H3. The number of esters is 1. The number of carbonyl (C=O) groups is 1. The Balaban J connectivity index is 1.24. The van der Waals surface area contributed by atoms with Crippen LogP contribution in [-0.4, -0.2) is 5.97 Å². The molecule has 0 radical (unpaired) electrons. The quantitative estimate of drug-likeness (QED) is 0.194. The molecule has 2 fully saturated rings. The third-order valence-electron chi connectivity index (χ3n) is 9.62. The zero-order chi connectivity index (χ0) is 28.2. The van der Waals surface area contributed by atoms with E-state index in [4.69, 9.17) is 9.47 Å². The van der Waals surface area contributed by atoms with Crippen LogP contribution in [0, 0.1) is 41.1 Å². The summed E-state index contributed by atoms with van der Waals surface area (Å²) in [4.78, 5) is 12.8. The lowest BCUT2D eigenvalue weighted by Crippen LogP contribution is -2.26. The smallest absolute Gasteiger partial charge is 0.314 e. The maximum absolute atomic E-state index is 15.5. The van der Waals surface area contributed by atoms with E-state index < -0.39 is 29.2 Å². The number of benzene rings is 2. The van der Waals surface area contributed by atoms with E-state index in [1.807, 2.05) is 6.07 Å². The van der Waals surface area contributed by atoms with Gasteiger partial charge >= 0.3 is 5.97 Å². The third kappa shape index (κ3) is 6.36. The maximum Gasteiger partial charge on any atom is 0.314 e. The van der Waals surface area contributed by atoms with Gasteiger partial charge in [0.15, 0.2) is 23.1 Å². The van der Waals surface area contributed by atoms with E-state index in [1.165, 1.54) is 44.6 Å². The minimum absolute atomic E-state index is 0.0245. The van der Waals surface area contributed by atoms with Crippen LogP contribution in [0.15, 0.2) is 18.2 Å². The monoisotopic (exact) mass is 556 g/mol. The lowest BCUT2D eigenvalue weighted by Gasteiger charge is -2.28. The Labute approximate surface area is 236 Å². The molecular formula is C34H43F3O3. The molecule has 0 spiro atoms. The van der Waals surface area contributed by atoms with E-state index in [1.54, 1.807) is 6.07 Å². The normalized spacial score (nSPS) is 24.1. The molecule has 0 saturated heterocycles. The molecule has 2 saturated carbocycles. The molecule has 0 bridgehead atoms. The van der Waals surface area contributed by atoms with Gasteiger partial charge in [-0.2, -0.15) is 8.78 Å². The van der Waals surface area contributed by atoms with Gasteiger partial charge in [-0.3, -0.25) is 4.79 Å². The van der Waals surface area contributed by atoms with Gasteiger partial charge in [0.25, 0.3) is 0 Å². The predicted octanol–water partition coefficient (Wildman–Crippen LogP) is 9.85. The molecule has 0 aromatic heterocycles. The first kappa shape index (κ1) is 29.0. The first-order chi connectivity index (χ1) is 19.4. The van der Waals surface area contributed by atoms with Crippen LogP contribution in [0.25, 0.3) is 0 Å². The summed E-state index contributed by atoms with van der Waals surface area (Å²) in [5.74, 6) is -2.54. The Hall–Kier alpha value is -2.50. The number of carbonyl (C=O) groups excluding carboxylic acids is 1. The largest absolute Gasteiger partial charge is 0.450 e. The molecule has 0 unspecified atom stereocenters. The molecule has 2 aliphatic carbocycles. The van der Waals surface area contributed by atoms with Gasteiger partial charge in [-0.05, 0) is 67.9 Å². The van der Waals surface area contributed by atoms with Gasteiger partial charge in [0.05, 0.1) is 5.92 Å². The third-order valence-corrected chi connectivity index (χ3v) is 9.62. The van der Waals surface area contributed by atoms with Gasteiger partial charge in [0.2, 0.25) is 11.6 Å². The summed E-state index contributed by atoms with van der Waals surface area (Å²) in [5, 5.41) is 0. The summed E-state index contributed by atoms with van der Waals surface area (Å²) in [5.41, 5.74) is 1.47. The Bertz CT molecular complexity index is 1190. The molecule has 0 amide bonds. The van der Waals surface area contributed by atoms with Crippen LogP contribution in [0.3, 0.4) is 0 Å². The van der Waals surface area contributed by atoms with Gasteiger partial charge in [-0.15, -0.1) is 0 Å². The summed E-state index contributed by atoms with van der Waals surface area (Å²) in [6, 6.07) is 4.94. The van der Waals surface area contributed by atoms with Crippen molar-refractivity contribution in [3.8, 4) is 17.2 Å². The highest BCUT2D eigenvalue weighted by Gasteiger charge is 2.32. The molecule has 2 aromatic carbocycles. The number of halogens is 3. The van der Waals surface area contributed by atoms with Crippen molar-refractivity contribution in [2.45, 2.75) is 110 Å². The molecule has 3 aliphatic rings. The average molecular weight is 557 g/mol. The number of fused-ring (bicyclic) bond motifs is 2. The minimum Gasteiger partial charge on any atom is -0.450 e. The van der Waals surface area contributed by atoms with Gasteiger partial charge in [-0.1, -0.05) is 77.3 Å². The summed E-state index contributed by atoms with van der Waals surface area (Å²) in [6.07, 6.45) is 14.7. The maximum atomic E-state index is 15.5. The van der Waals surface area contributed by atoms with Crippen molar-refractivity contribution >= 4 is 5.97 Å². The van der Waals surface area contributed by atoms with Gasteiger partial charge in [0.1, 0.15) is 0 Å². The van der Waals surface area contributed by atoms with Crippen LogP contribution in [0.5, 0.6) is 17.2 Å². The van der Waals surface area contributed by atoms with Crippen LogP contribution in [0.4, 0.5) is 13.2 Å². The molecule has 6 heteroatoms. The molecule has 1 heterocycles. The topological polar surface area (TPSA) is 35.5 Å². The van der Waals surface area contributed by atoms with Crippen LogP contribution >= 0.6 is 0 Å². The number of rotatable bonds is 9. The van der Waals surface area contributed by atoms with Crippen molar-refractivity contribution in [2.24, 2.45) is 23.7 Å². The number of hydrogen-bond acceptors (Lipinski definition) is 3. The van der Waals surface area contributed by atoms with Crippen LogP contribution < -0.4 is 9.47 Å². The minimum atomic E-state index is -1.27. The van der Waals surface area contributed by atoms with Gasteiger partial charge < -0.3 is 9.47 Å². The van der Waals surface area contributed by atoms with Crippen LogP contribution in [0.2, 0.25) is 0 Å². The molecule has 3 nitrogen and oxygen atoms in total. The summed E-state index contributed by atoms with van der Waals surface area (Å²) in [6.45, 7) is 4.39. The highest BCUT2D eigenvalue weighted by Crippen LogP contribution is 2.44. The van der Waals surface area contributed by atoms with Crippen molar-refractivity contribution in [2.75, 3.05) is 0 Å². The van der Waals surface area contributed by atoms with Crippen LogP contribution in [0.1, 0.15) is 114 Å². The first-order valence-corrected chi connectivity index (χ1v) is 15.6. The molecular weight excluding hydrogens is 513 g/mol. The lowest BCUT2D eigenvalue weighted by molar-refractivity contribution is -0.140. The Morgan fingerprint density at radius 1 is 0.775 bits per heavy atom. The zero-order valence-corrected chi connectivity index (χ0v) is 24.0. The average Bonchev–Trinajstić information content (AvgIpc) is 2.96. The number of ether oxygens (including phenoxy) is 2. The fourth-order valence-electron chi connectivity index (χ4n) is 7.20. The lowest BCUT2D eigenvalue weighted by atomic mass is 9.78. The Morgan fingerprint density at radius 3 is 1.98 bits per heavy atom. The second-order valence-corrected chi connectivity index (χ2v) is 12.4. The number of hydrogen-bond donors (Lipinski definition) is 0. The highest BCUT2D eigenvalue weighted by molar-refractivity contribution is 5.75. The van der Waals surface area contributed by atoms with E-state index in [9.17, 15) is 4.79 Å². The molecule has 1 aliphatic heterocycles. The SMILES string of the molecule is CCCC1CCC(CCc2ccc3c(c2F)Oc2c(cc(OC(=O)C4CCC(CCC)CC4)c(F)c2F)C3)CC1. The second-order valence-electron chi connectivity index (χ2n) is 12.4. The molecule has 2 aromatic rings. The molecule has 0 atom stereocenters. The predicted molar refractivity (Wildman–Crippen MR) is 150 cm³/mol. The molecule has 5 rings (SSSR count). The van der Waals surface area contributed by atoms with E-state index in [0.717, 1.165) is 38.0 Å². The second kappa shape index (κ2) is 13.0. The van der Waals surface area contributed by atoms with Crippen molar-refractivity contribution < 1.29 is 27.4 Å². The summed E-state index contributed by atoms with van der Waals surface area (Å²) < 4.78 is 56.8. The Morgan fingerprint density at radius 2 is 1.35 bits per heavy atom. The van der Waals surface area contributed by atoms with E-state index >= 15 is 13.2 Å².